The standard InChI is InChI=1S/C30H30N6O3/c1-4-9-32-30(38)24-6-5-10-31-27(24)33-15-19-11-20(13-23(12-19)39-18(2)3)26-17-35-28-25(26)14-21(16-34-28)29(37)36-22-7-8-22/h1,5-6,10-14,16-18,22H,7-9,15H2,2-3H3,(H,31,33)(H,32,38)(H,34,35)(H,36,37). The molecule has 5 rings (SSSR count). The van der Waals surface area contributed by atoms with Gasteiger partial charge >= 0.3 is 0 Å². The SMILES string of the molecule is C#CCNC(=O)c1cccnc1NCc1cc(OC(C)C)cc(-c2c[nH]c3ncc(C(=O)NC4CC4)cc23)c1. The Hall–Kier alpha value is -4.84. The van der Waals surface area contributed by atoms with Crippen LogP contribution in [0.25, 0.3) is 22.2 Å². The molecule has 1 aliphatic rings. The molecule has 0 bridgehead atoms. The molecule has 0 saturated heterocycles. The quantitative estimate of drug-likeness (QED) is 0.231. The first-order valence-corrected chi connectivity index (χ1v) is 12.9. The lowest BCUT2D eigenvalue weighted by molar-refractivity contribution is 0.0945. The van der Waals surface area contributed by atoms with E-state index in [4.69, 9.17) is 11.2 Å². The van der Waals surface area contributed by atoms with Crippen LogP contribution in [0.2, 0.25) is 0 Å². The van der Waals surface area contributed by atoms with Gasteiger partial charge in [0.15, 0.2) is 0 Å². The maximum atomic E-state index is 12.7. The predicted molar refractivity (Wildman–Crippen MR) is 151 cm³/mol. The zero-order valence-corrected chi connectivity index (χ0v) is 21.9. The minimum Gasteiger partial charge on any atom is -0.491 e. The van der Waals surface area contributed by atoms with Gasteiger partial charge in [-0.05, 0) is 74.2 Å². The summed E-state index contributed by atoms with van der Waals surface area (Å²) < 4.78 is 6.06. The van der Waals surface area contributed by atoms with E-state index in [0.29, 0.717) is 34.9 Å². The number of carbonyl (C=O) groups excluding carboxylic acids is 2. The van der Waals surface area contributed by atoms with Gasteiger partial charge in [-0.3, -0.25) is 9.59 Å². The van der Waals surface area contributed by atoms with Gasteiger partial charge in [0.25, 0.3) is 11.8 Å². The van der Waals surface area contributed by atoms with E-state index >= 15 is 0 Å². The third-order valence-corrected chi connectivity index (χ3v) is 6.22. The number of hydrogen-bond acceptors (Lipinski definition) is 6. The summed E-state index contributed by atoms with van der Waals surface area (Å²) in [5.74, 6) is 3.15. The van der Waals surface area contributed by atoms with Crippen LogP contribution in [0.5, 0.6) is 5.75 Å². The number of anilines is 1. The second-order valence-electron chi connectivity index (χ2n) is 9.74. The van der Waals surface area contributed by atoms with Crippen LogP contribution in [0.15, 0.2) is 55.0 Å². The highest BCUT2D eigenvalue weighted by Crippen LogP contribution is 2.33. The number of nitrogens with one attached hydrogen (secondary N) is 4. The first-order chi connectivity index (χ1) is 18.9. The Kier molecular flexibility index (Phi) is 7.46. The minimum absolute atomic E-state index is 0.0225. The number of pyridine rings is 2. The van der Waals surface area contributed by atoms with Gasteiger partial charge in [-0.1, -0.05) is 5.92 Å². The normalized spacial score (nSPS) is 12.7. The highest BCUT2D eigenvalue weighted by atomic mass is 16.5. The molecule has 0 spiro atoms. The molecule has 4 aromatic rings. The molecular formula is C30H30N6O3. The fourth-order valence-electron chi connectivity index (χ4n) is 4.26. The molecule has 1 fully saturated rings. The highest BCUT2D eigenvalue weighted by molar-refractivity contribution is 6.01. The topological polar surface area (TPSA) is 121 Å². The van der Waals surface area contributed by atoms with Crippen LogP contribution in [0, 0.1) is 12.3 Å². The van der Waals surface area contributed by atoms with E-state index < -0.39 is 0 Å². The van der Waals surface area contributed by atoms with Gasteiger partial charge in [-0.2, -0.15) is 0 Å². The molecule has 0 radical (unpaired) electrons. The number of ether oxygens (including phenoxy) is 1. The van der Waals surface area contributed by atoms with Crippen molar-refractivity contribution in [2.24, 2.45) is 0 Å². The number of carbonyl (C=O) groups is 2. The van der Waals surface area contributed by atoms with E-state index in [2.05, 4.69) is 36.8 Å². The highest BCUT2D eigenvalue weighted by Gasteiger charge is 2.24. The first-order valence-electron chi connectivity index (χ1n) is 12.9. The molecule has 9 nitrogen and oxygen atoms in total. The van der Waals surface area contributed by atoms with Gasteiger partial charge in [0.1, 0.15) is 17.2 Å². The van der Waals surface area contributed by atoms with Gasteiger partial charge in [-0.25, -0.2) is 9.97 Å². The third-order valence-electron chi connectivity index (χ3n) is 6.22. The monoisotopic (exact) mass is 522 g/mol. The van der Waals surface area contributed by atoms with Crippen molar-refractivity contribution in [3.8, 4) is 29.2 Å². The van der Waals surface area contributed by atoms with E-state index in [9.17, 15) is 9.59 Å². The van der Waals surface area contributed by atoms with Crippen molar-refractivity contribution in [2.45, 2.75) is 45.4 Å². The Labute approximate surface area is 226 Å². The van der Waals surface area contributed by atoms with Crippen molar-refractivity contribution in [3.63, 3.8) is 0 Å². The maximum absolute atomic E-state index is 12.7. The average molecular weight is 523 g/mol. The Bertz CT molecular complexity index is 1560. The molecule has 1 aliphatic carbocycles. The molecule has 2 amide bonds. The van der Waals surface area contributed by atoms with Crippen LogP contribution in [-0.2, 0) is 6.54 Å². The van der Waals surface area contributed by atoms with Crippen LogP contribution in [-0.4, -0.2) is 45.5 Å². The zero-order valence-electron chi connectivity index (χ0n) is 21.9. The number of rotatable bonds is 10. The molecule has 39 heavy (non-hydrogen) atoms. The smallest absolute Gasteiger partial charge is 0.255 e. The van der Waals surface area contributed by atoms with E-state index in [-0.39, 0.29) is 30.5 Å². The number of fused-ring (bicyclic) bond motifs is 1. The summed E-state index contributed by atoms with van der Waals surface area (Å²) in [7, 11) is 0. The average Bonchev–Trinajstić information content (AvgIpc) is 3.64. The van der Waals surface area contributed by atoms with Crippen LogP contribution in [0.3, 0.4) is 0 Å². The third kappa shape index (κ3) is 6.18. The van der Waals surface area contributed by atoms with E-state index in [1.807, 2.05) is 44.3 Å². The largest absolute Gasteiger partial charge is 0.491 e. The molecule has 198 valence electrons. The van der Waals surface area contributed by atoms with Crippen molar-refractivity contribution >= 4 is 28.7 Å². The summed E-state index contributed by atoms with van der Waals surface area (Å²) in [5, 5.41) is 9.81. The summed E-state index contributed by atoms with van der Waals surface area (Å²) in [6.45, 7) is 4.47. The number of aromatic nitrogens is 3. The lowest BCUT2D eigenvalue weighted by atomic mass is 10.0. The minimum atomic E-state index is -0.297. The van der Waals surface area contributed by atoms with Crippen molar-refractivity contribution in [2.75, 3.05) is 11.9 Å². The lowest BCUT2D eigenvalue weighted by Gasteiger charge is -2.15. The number of hydrogen-bond donors (Lipinski definition) is 4. The van der Waals surface area contributed by atoms with Crippen molar-refractivity contribution in [1.82, 2.24) is 25.6 Å². The fraction of sp³-hybridized carbons (Fsp3) is 0.267. The van der Waals surface area contributed by atoms with Crippen molar-refractivity contribution in [1.29, 1.82) is 0 Å². The number of amides is 2. The number of H-pyrrole nitrogens is 1. The van der Waals surface area contributed by atoms with Crippen LogP contribution < -0.4 is 20.7 Å². The van der Waals surface area contributed by atoms with E-state index in [1.54, 1.807) is 24.5 Å². The Morgan fingerprint density at radius 3 is 2.79 bits per heavy atom. The summed E-state index contributed by atoms with van der Waals surface area (Å²) in [5.41, 5.74) is 4.36. The van der Waals surface area contributed by atoms with Crippen molar-refractivity contribution < 1.29 is 14.3 Å². The predicted octanol–water partition coefficient (Wildman–Crippen LogP) is 4.28. The van der Waals surface area contributed by atoms with Crippen LogP contribution in [0.1, 0.15) is 53.0 Å². The number of terminal acetylenes is 1. The Morgan fingerprint density at radius 1 is 1.18 bits per heavy atom. The van der Waals surface area contributed by atoms with Gasteiger partial charge in [0.05, 0.1) is 23.8 Å². The number of nitrogens with zero attached hydrogens (tertiary/aromatic N) is 2. The summed E-state index contributed by atoms with van der Waals surface area (Å²) >= 11 is 0. The molecule has 0 unspecified atom stereocenters. The number of benzene rings is 1. The molecule has 3 heterocycles. The molecule has 3 aromatic heterocycles. The van der Waals surface area contributed by atoms with Gasteiger partial charge in [-0.15, -0.1) is 6.42 Å². The molecule has 0 aliphatic heterocycles. The maximum Gasteiger partial charge on any atom is 0.255 e. The second-order valence-corrected chi connectivity index (χ2v) is 9.74. The van der Waals surface area contributed by atoms with Crippen LogP contribution >= 0.6 is 0 Å². The van der Waals surface area contributed by atoms with Gasteiger partial charge in [0, 0.05) is 42.1 Å². The summed E-state index contributed by atoms with van der Waals surface area (Å²) in [6.07, 6.45) is 12.4. The van der Waals surface area contributed by atoms with Gasteiger partial charge in [0.2, 0.25) is 0 Å². The second kappa shape index (κ2) is 11.3. The fourth-order valence-corrected chi connectivity index (χ4v) is 4.26. The van der Waals surface area contributed by atoms with Gasteiger partial charge < -0.3 is 25.7 Å². The molecule has 0 atom stereocenters. The lowest BCUT2D eigenvalue weighted by Crippen LogP contribution is -2.25. The molecule has 1 aromatic carbocycles. The van der Waals surface area contributed by atoms with E-state index in [0.717, 1.165) is 34.9 Å². The Morgan fingerprint density at radius 2 is 2.03 bits per heavy atom. The number of aromatic amines is 1. The molecule has 9 heteroatoms. The zero-order chi connectivity index (χ0) is 27.4. The Balaban J connectivity index is 1.45. The molecule has 4 N–H and O–H groups in total. The van der Waals surface area contributed by atoms with E-state index in [1.165, 1.54) is 0 Å². The van der Waals surface area contributed by atoms with Crippen LogP contribution in [0.4, 0.5) is 5.82 Å². The van der Waals surface area contributed by atoms with Crippen molar-refractivity contribution in [3.05, 3.63) is 71.7 Å². The first kappa shape index (κ1) is 25.8. The molecular weight excluding hydrogens is 492 g/mol. The summed E-state index contributed by atoms with van der Waals surface area (Å²) in [4.78, 5) is 37.2. The molecule has 1 saturated carbocycles. The summed E-state index contributed by atoms with van der Waals surface area (Å²) in [6, 6.07) is 11.5.